The molecule has 1 heterocycles. The molecule has 0 amide bonds. The van der Waals surface area contributed by atoms with Gasteiger partial charge in [0, 0.05) is 11.3 Å². The van der Waals surface area contributed by atoms with E-state index < -0.39 is 12.0 Å². The van der Waals surface area contributed by atoms with E-state index in [1.165, 1.54) is 4.88 Å². The Labute approximate surface area is 86.3 Å². The van der Waals surface area contributed by atoms with E-state index in [0.29, 0.717) is 6.61 Å². The SMILES string of the molecule is N[C@H](COCCc1cccs1)C(=O)O. The Kier molecular flexibility index (Phi) is 4.58. The topological polar surface area (TPSA) is 72.5 Å². The molecule has 1 rings (SSSR count). The van der Waals surface area contributed by atoms with Gasteiger partial charge in [-0.15, -0.1) is 11.3 Å². The van der Waals surface area contributed by atoms with Crippen LogP contribution in [0.2, 0.25) is 0 Å². The Morgan fingerprint density at radius 2 is 2.50 bits per heavy atom. The molecule has 4 nitrogen and oxygen atoms in total. The molecule has 5 heteroatoms. The van der Waals surface area contributed by atoms with Crippen molar-refractivity contribution in [3.05, 3.63) is 22.4 Å². The van der Waals surface area contributed by atoms with Crippen LogP contribution >= 0.6 is 11.3 Å². The van der Waals surface area contributed by atoms with Gasteiger partial charge in [0.25, 0.3) is 0 Å². The van der Waals surface area contributed by atoms with Gasteiger partial charge in [-0.25, -0.2) is 0 Å². The largest absolute Gasteiger partial charge is 0.480 e. The number of hydrogen-bond acceptors (Lipinski definition) is 4. The van der Waals surface area contributed by atoms with Crippen molar-refractivity contribution in [1.29, 1.82) is 0 Å². The van der Waals surface area contributed by atoms with E-state index in [2.05, 4.69) is 0 Å². The molecule has 0 aliphatic heterocycles. The minimum atomic E-state index is -1.03. The van der Waals surface area contributed by atoms with Gasteiger partial charge in [-0.05, 0) is 11.4 Å². The average molecular weight is 215 g/mol. The van der Waals surface area contributed by atoms with Crippen LogP contribution in [0, 0.1) is 0 Å². The molecule has 1 aromatic heterocycles. The highest BCUT2D eigenvalue weighted by molar-refractivity contribution is 7.09. The first-order valence-electron chi connectivity index (χ1n) is 4.28. The summed E-state index contributed by atoms with van der Waals surface area (Å²) in [7, 11) is 0. The van der Waals surface area contributed by atoms with Crippen LogP contribution in [0.15, 0.2) is 17.5 Å². The zero-order valence-electron chi connectivity index (χ0n) is 7.68. The summed E-state index contributed by atoms with van der Waals surface area (Å²) in [6.45, 7) is 0.586. The molecule has 0 aliphatic carbocycles. The zero-order valence-corrected chi connectivity index (χ0v) is 8.50. The average Bonchev–Trinajstić information content (AvgIpc) is 2.64. The number of thiophene rings is 1. The van der Waals surface area contributed by atoms with E-state index in [1.807, 2.05) is 17.5 Å². The predicted octanol–water partition coefficient (Wildman–Crippen LogP) is 0.719. The Morgan fingerprint density at radius 3 is 3.07 bits per heavy atom. The molecule has 78 valence electrons. The van der Waals surface area contributed by atoms with E-state index in [-0.39, 0.29) is 6.61 Å². The van der Waals surface area contributed by atoms with E-state index >= 15 is 0 Å². The molecule has 0 fully saturated rings. The molecule has 1 atom stereocenters. The number of aliphatic carboxylic acids is 1. The third kappa shape index (κ3) is 3.87. The highest BCUT2D eigenvalue weighted by Crippen LogP contribution is 2.08. The van der Waals surface area contributed by atoms with Crippen molar-refractivity contribution < 1.29 is 14.6 Å². The number of rotatable bonds is 6. The maximum Gasteiger partial charge on any atom is 0.322 e. The summed E-state index contributed by atoms with van der Waals surface area (Å²) in [4.78, 5) is 11.5. The second-order valence-corrected chi connectivity index (χ2v) is 3.88. The fourth-order valence-electron chi connectivity index (χ4n) is 0.909. The van der Waals surface area contributed by atoms with Crippen LogP contribution in [0.1, 0.15) is 4.88 Å². The lowest BCUT2D eigenvalue weighted by Gasteiger charge is -2.06. The molecule has 0 saturated heterocycles. The first-order valence-corrected chi connectivity index (χ1v) is 5.16. The fraction of sp³-hybridized carbons (Fsp3) is 0.444. The zero-order chi connectivity index (χ0) is 10.4. The van der Waals surface area contributed by atoms with Crippen LogP contribution < -0.4 is 5.73 Å². The van der Waals surface area contributed by atoms with E-state index in [4.69, 9.17) is 15.6 Å². The van der Waals surface area contributed by atoms with Crippen LogP contribution in [-0.2, 0) is 16.0 Å². The molecule has 0 aromatic carbocycles. The lowest BCUT2D eigenvalue weighted by Crippen LogP contribution is -2.35. The second kappa shape index (κ2) is 5.74. The van der Waals surface area contributed by atoms with Crippen molar-refractivity contribution in [1.82, 2.24) is 0 Å². The Bertz CT molecular complexity index is 274. The van der Waals surface area contributed by atoms with Gasteiger partial charge in [-0.3, -0.25) is 4.79 Å². The third-order valence-corrected chi connectivity index (χ3v) is 2.62. The molecular weight excluding hydrogens is 202 g/mol. The number of carboxylic acid groups (broad SMARTS) is 1. The minimum Gasteiger partial charge on any atom is -0.480 e. The summed E-state index contributed by atoms with van der Waals surface area (Å²) in [5, 5.41) is 10.5. The molecule has 0 saturated carbocycles. The van der Waals surface area contributed by atoms with E-state index in [0.717, 1.165) is 6.42 Å². The molecule has 0 unspecified atom stereocenters. The molecule has 0 spiro atoms. The van der Waals surface area contributed by atoms with E-state index in [9.17, 15) is 4.79 Å². The quantitative estimate of drug-likeness (QED) is 0.686. The maximum atomic E-state index is 10.3. The molecule has 1 aromatic rings. The molecule has 14 heavy (non-hydrogen) atoms. The third-order valence-electron chi connectivity index (χ3n) is 1.69. The van der Waals surface area contributed by atoms with Crippen molar-refractivity contribution in [2.45, 2.75) is 12.5 Å². The van der Waals surface area contributed by atoms with Crippen LogP contribution in [0.3, 0.4) is 0 Å². The van der Waals surface area contributed by atoms with Crippen LogP contribution in [0.25, 0.3) is 0 Å². The van der Waals surface area contributed by atoms with Gasteiger partial charge in [-0.2, -0.15) is 0 Å². The molecule has 0 bridgehead atoms. The van der Waals surface area contributed by atoms with Gasteiger partial charge in [0.1, 0.15) is 6.04 Å². The van der Waals surface area contributed by atoms with Crippen molar-refractivity contribution in [3.63, 3.8) is 0 Å². The van der Waals surface area contributed by atoms with Gasteiger partial charge >= 0.3 is 5.97 Å². The molecule has 0 radical (unpaired) electrons. The van der Waals surface area contributed by atoms with Crippen molar-refractivity contribution in [2.75, 3.05) is 13.2 Å². The van der Waals surface area contributed by atoms with Gasteiger partial charge < -0.3 is 15.6 Å². The van der Waals surface area contributed by atoms with Gasteiger partial charge in [0.2, 0.25) is 0 Å². The van der Waals surface area contributed by atoms with Crippen LogP contribution in [0.5, 0.6) is 0 Å². The summed E-state index contributed by atoms with van der Waals surface area (Å²) >= 11 is 1.66. The molecule has 3 N–H and O–H groups in total. The Hall–Kier alpha value is -0.910. The molecule has 0 aliphatic rings. The summed E-state index contributed by atoms with van der Waals surface area (Å²) in [5.74, 6) is -1.03. The lowest BCUT2D eigenvalue weighted by molar-refractivity contribution is -0.139. The highest BCUT2D eigenvalue weighted by atomic mass is 32.1. The van der Waals surface area contributed by atoms with Crippen molar-refractivity contribution >= 4 is 17.3 Å². The van der Waals surface area contributed by atoms with Gasteiger partial charge in [-0.1, -0.05) is 6.07 Å². The summed E-state index contributed by atoms with van der Waals surface area (Å²) in [5.41, 5.74) is 5.25. The van der Waals surface area contributed by atoms with Crippen molar-refractivity contribution in [2.24, 2.45) is 5.73 Å². The first-order chi connectivity index (χ1) is 6.70. The fourth-order valence-corrected chi connectivity index (χ4v) is 1.60. The highest BCUT2D eigenvalue weighted by Gasteiger charge is 2.10. The van der Waals surface area contributed by atoms with Crippen LogP contribution in [0.4, 0.5) is 0 Å². The van der Waals surface area contributed by atoms with E-state index in [1.54, 1.807) is 11.3 Å². The van der Waals surface area contributed by atoms with Crippen molar-refractivity contribution in [3.8, 4) is 0 Å². The number of carbonyl (C=O) groups is 1. The second-order valence-electron chi connectivity index (χ2n) is 2.85. The summed E-state index contributed by atoms with van der Waals surface area (Å²) in [6.07, 6.45) is 0.810. The van der Waals surface area contributed by atoms with Gasteiger partial charge in [0.15, 0.2) is 0 Å². The number of ether oxygens (including phenoxy) is 1. The first kappa shape index (κ1) is 11.2. The normalized spacial score (nSPS) is 12.6. The molecular formula is C9H13NO3S. The smallest absolute Gasteiger partial charge is 0.322 e. The van der Waals surface area contributed by atoms with Crippen LogP contribution in [-0.4, -0.2) is 30.3 Å². The lowest BCUT2D eigenvalue weighted by atomic mass is 10.3. The number of carboxylic acids is 1. The summed E-state index contributed by atoms with van der Waals surface area (Å²) in [6, 6.07) is 3.08. The maximum absolute atomic E-state index is 10.3. The number of nitrogens with two attached hydrogens (primary N) is 1. The van der Waals surface area contributed by atoms with Gasteiger partial charge in [0.05, 0.1) is 13.2 Å². The summed E-state index contributed by atoms with van der Waals surface area (Å²) < 4.78 is 5.13. The Balaban J connectivity index is 2.08. The monoisotopic (exact) mass is 215 g/mol. The predicted molar refractivity (Wildman–Crippen MR) is 54.5 cm³/mol. The number of hydrogen-bond donors (Lipinski definition) is 2. The standard InChI is InChI=1S/C9H13NO3S/c10-8(9(11)12)6-13-4-3-7-2-1-5-14-7/h1-2,5,8H,3-4,6,10H2,(H,11,12)/t8-/m1/s1. The minimum absolute atomic E-state index is 0.0701. The Morgan fingerprint density at radius 1 is 1.71 bits per heavy atom.